The molecule has 1 aliphatic rings. The average molecular weight is 381 g/mol. The third kappa shape index (κ3) is 4.49. The number of anilines is 2. The lowest BCUT2D eigenvalue weighted by molar-refractivity contribution is -0.147. The van der Waals surface area contributed by atoms with Crippen molar-refractivity contribution in [3.8, 4) is 0 Å². The first kappa shape index (κ1) is 19.4. The average Bonchev–Trinajstić information content (AvgIpc) is 2.70. The van der Waals surface area contributed by atoms with E-state index >= 15 is 0 Å². The largest absolute Gasteiger partial charge is 0.466 e. The number of nitrogens with zero attached hydrogens (tertiary/aromatic N) is 1. The minimum Gasteiger partial charge on any atom is -0.466 e. The highest BCUT2D eigenvalue weighted by Gasteiger charge is 2.36. The predicted octanol–water partition coefficient (Wildman–Crippen LogP) is 2.32. The van der Waals surface area contributed by atoms with Crippen LogP contribution in [0.1, 0.15) is 23.7 Å². The molecular weight excluding hydrogens is 358 g/mol. The van der Waals surface area contributed by atoms with E-state index in [0.29, 0.717) is 24.3 Å². The van der Waals surface area contributed by atoms with Gasteiger partial charge in [0.25, 0.3) is 5.91 Å². The van der Waals surface area contributed by atoms with Crippen molar-refractivity contribution in [1.82, 2.24) is 10.2 Å². The molecule has 0 bridgehead atoms. The van der Waals surface area contributed by atoms with Crippen LogP contribution in [-0.2, 0) is 14.3 Å². The van der Waals surface area contributed by atoms with Crippen LogP contribution in [0.5, 0.6) is 0 Å². The summed E-state index contributed by atoms with van der Waals surface area (Å²) < 4.78 is 4.96. The number of ether oxygens (including phenoxy) is 1. The van der Waals surface area contributed by atoms with Crippen molar-refractivity contribution in [3.05, 3.63) is 60.2 Å². The van der Waals surface area contributed by atoms with Gasteiger partial charge in [-0.25, -0.2) is 0 Å². The summed E-state index contributed by atoms with van der Waals surface area (Å²) in [6.45, 7) is 2.60. The summed E-state index contributed by atoms with van der Waals surface area (Å²) >= 11 is 0. The van der Waals surface area contributed by atoms with Crippen molar-refractivity contribution < 1.29 is 19.1 Å². The third-order valence-corrected chi connectivity index (χ3v) is 4.47. The molecule has 146 valence electrons. The normalized spacial score (nSPS) is 16.2. The Morgan fingerprint density at radius 3 is 2.61 bits per heavy atom. The van der Waals surface area contributed by atoms with Crippen LogP contribution in [0.15, 0.2) is 54.6 Å². The van der Waals surface area contributed by atoms with Gasteiger partial charge in [0.2, 0.25) is 5.91 Å². The highest BCUT2D eigenvalue weighted by Crippen LogP contribution is 2.24. The summed E-state index contributed by atoms with van der Waals surface area (Å²) in [4.78, 5) is 39.0. The van der Waals surface area contributed by atoms with Crippen LogP contribution in [0.3, 0.4) is 0 Å². The maximum Gasteiger partial charge on any atom is 0.308 e. The number of piperazine rings is 1. The van der Waals surface area contributed by atoms with Gasteiger partial charge in [0.05, 0.1) is 24.3 Å². The first-order valence-corrected chi connectivity index (χ1v) is 9.25. The zero-order valence-corrected chi connectivity index (χ0v) is 15.7. The summed E-state index contributed by atoms with van der Waals surface area (Å²) in [7, 11) is 0. The molecule has 3 rings (SSSR count). The van der Waals surface area contributed by atoms with Gasteiger partial charge in [0.1, 0.15) is 6.04 Å². The first-order valence-electron chi connectivity index (χ1n) is 9.25. The molecule has 1 saturated heterocycles. The maximum atomic E-state index is 13.3. The fraction of sp³-hybridized carbons (Fsp3) is 0.286. The first-order chi connectivity index (χ1) is 13.6. The number of hydrogen-bond donors (Lipinski definition) is 2. The van der Waals surface area contributed by atoms with Crippen molar-refractivity contribution in [2.24, 2.45) is 0 Å². The summed E-state index contributed by atoms with van der Waals surface area (Å²) in [5, 5.41) is 5.95. The molecule has 0 aliphatic carbocycles. The lowest BCUT2D eigenvalue weighted by atomic mass is 10.1. The minimum absolute atomic E-state index is 0.167. The molecule has 0 radical (unpaired) electrons. The van der Waals surface area contributed by atoms with E-state index in [2.05, 4.69) is 10.6 Å². The quantitative estimate of drug-likeness (QED) is 0.750. The minimum atomic E-state index is -0.884. The van der Waals surface area contributed by atoms with E-state index in [9.17, 15) is 14.4 Å². The summed E-state index contributed by atoms with van der Waals surface area (Å²) in [6.07, 6.45) is -0.167. The van der Waals surface area contributed by atoms with Crippen LogP contribution in [0.2, 0.25) is 0 Å². The molecule has 7 heteroatoms. The molecule has 1 unspecified atom stereocenters. The van der Waals surface area contributed by atoms with Crippen molar-refractivity contribution in [2.45, 2.75) is 19.4 Å². The Kier molecular flexibility index (Phi) is 6.26. The summed E-state index contributed by atoms with van der Waals surface area (Å²) in [5.74, 6) is -1.15. The van der Waals surface area contributed by atoms with Crippen LogP contribution in [-0.4, -0.2) is 48.4 Å². The van der Waals surface area contributed by atoms with Crippen molar-refractivity contribution in [3.63, 3.8) is 0 Å². The van der Waals surface area contributed by atoms with Gasteiger partial charge in [0, 0.05) is 18.8 Å². The van der Waals surface area contributed by atoms with Gasteiger partial charge < -0.3 is 20.3 Å². The molecule has 28 heavy (non-hydrogen) atoms. The molecule has 2 aromatic rings. The van der Waals surface area contributed by atoms with Gasteiger partial charge in [-0.2, -0.15) is 0 Å². The second kappa shape index (κ2) is 9.03. The van der Waals surface area contributed by atoms with Crippen LogP contribution >= 0.6 is 0 Å². The van der Waals surface area contributed by atoms with E-state index in [-0.39, 0.29) is 24.8 Å². The van der Waals surface area contributed by atoms with E-state index in [4.69, 9.17) is 4.74 Å². The van der Waals surface area contributed by atoms with Crippen molar-refractivity contribution >= 4 is 29.2 Å². The second-order valence-corrected chi connectivity index (χ2v) is 6.35. The Balaban J connectivity index is 1.85. The summed E-state index contributed by atoms with van der Waals surface area (Å²) in [5.41, 5.74) is 1.93. The molecule has 0 saturated carbocycles. The van der Waals surface area contributed by atoms with Crippen molar-refractivity contribution in [1.29, 1.82) is 0 Å². The maximum absolute atomic E-state index is 13.3. The zero-order chi connectivity index (χ0) is 19.9. The van der Waals surface area contributed by atoms with Gasteiger partial charge in [0.15, 0.2) is 0 Å². The molecule has 1 fully saturated rings. The van der Waals surface area contributed by atoms with Gasteiger partial charge in [-0.05, 0) is 31.2 Å². The Hall–Kier alpha value is -3.35. The van der Waals surface area contributed by atoms with E-state index in [1.165, 1.54) is 4.90 Å². The van der Waals surface area contributed by atoms with Crippen molar-refractivity contribution in [2.75, 3.05) is 25.0 Å². The number of rotatable bonds is 6. The lowest BCUT2D eigenvalue weighted by Gasteiger charge is -2.35. The zero-order valence-electron chi connectivity index (χ0n) is 15.7. The van der Waals surface area contributed by atoms with Gasteiger partial charge in [-0.15, -0.1) is 0 Å². The molecule has 0 aromatic heterocycles. The van der Waals surface area contributed by atoms with E-state index < -0.39 is 12.0 Å². The highest BCUT2D eigenvalue weighted by molar-refractivity contribution is 6.03. The Morgan fingerprint density at radius 2 is 1.86 bits per heavy atom. The fourth-order valence-electron chi connectivity index (χ4n) is 3.15. The van der Waals surface area contributed by atoms with Gasteiger partial charge >= 0.3 is 5.97 Å². The molecule has 1 atom stereocenters. The number of amides is 2. The molecule has 7 nitrogen and oxygen atoms in total. The molecular formula is C21H23N3O4. The van der Waals surface area contributed by atoms with E-state index in [1.807, 2.05) is 42.5 Å². The monoisotopic (exact) mass is 381 g/mol. The summed E-state index contributed by atoms with van der Waals surface area (Å²) in [6, 6.07) is 15.8. The number of nitrogens with one attached hydrogen (secondary N) is 2. The number of esters is 1. The second-order valence-electron chi connectivity index (χ2n) is 6.35. The number of hydrogen-bond acceptors (Lipinski definition) is 5. The van der Waals surface area contributed by atoms with E-state index in [1.54, 1.807) is 19.1 Å². The van der Waals surface area contributed by atoms with Crippen LogP contribution in [0.4, 0.5) is 11.4 Å². The third-order valence-electron chi connectivity index (χ3n) is 4.47. The smallest absolute Gasteiger partial charge is 0.308 e. The molecule has 1 aliphatic heterocycles. The van der Waals surface area contributed by atoms with Crippen LogP contribution in [0.25, 0.3) is 0 Å². The van der Waals surface area contributed by atoms with E-state index in [0.717, 1.165) is 5.69 Å². The molecule has 2 amide bonds. The van der Waals surface area contributed by atoms with Gasteiger partial charge in [-0.3, -0.25) is 14.4 Å². The SMILES string of the molecule is CCOC(=O)CC1C(=O)NCCN1C(=O)c1ccccc1Nc1ccccc1. The molecule has 0 spiro atoms. The number of para-hydroxylation sites is 2. The topological polar surface area (TPSA) is 87.7 Å². The highest BCUT2D eigenvalue weighted by atomic mass is 16.5. The predicted molar refractivity (Wildman–Crippen MR) is 105 cm³/mol. The Bertz CT molecular complexity index is 854. The van der Waals surface area contributed by atoms with Crippen LogP contribution < -0.4 is 10.6 Å². The van der Waals surface area contributed by atoms with Gasteiger partial charge in [-0.1, -0.05) is 30.3 Å². The van der Waals surface area contributed by atoms with Crippen LogP contribution in [0, 0.1) is 0 Å². The standard InChI is InChI=1S/C21H23N3O4/c1-2-28-19(25)14-18-20(26)22-12-13-24(18)21(27)16-10-6-7-11-17(16)23-15-8-4-3-5-9-15/h3-11,18,23H,2,12-14H2,1H3,(H,22,26). The number of carbonyl (C=O) groups excluding carboxylic acids is 3. The number of benzene rings is 2. The molecule has 2 aromatic carbocycles. The Morgan fingerprint density at radius 1 is 1.14 bits per heavy atom. The molecule has 2 N–H and O–H groups in total. The fourth-order valence-corrected chi connectivity index (χ4v) is 3.15. The number of carbonyl (C=O) groups is 3. The molecule has 1 heterocycles. The lowest BCUT2D eigenvalue weighted by Crippen LogP contribution is -2.57. The Labute approximate surface area is 163 Å².